The second kappa shape index (κ2) is 8.78. The van der Waals surface area contributed by atoms with Crippen LogP contribution in [0.2, 0.25) is 0 Å². The van der Waals surface area contributed by atoms with Crippen molar-refractivity contribution < 1.29 is 9.59 Å². The molecule has 33 heavy (non-hydrogen) atoms. The van der Waals surface area contributed by atoms with Crippen LogP contribution in [0.1, 0.15) is 36.3 Å². The molecular formula is C24H25N7O2. The number of Topliss-reactive ketones (excluding diaryl/α,β-unsaturated/α-hetero) is 1. The largest absolute Gasteiger partial charge is 0.384 e. The first-order chi connectivity index (χ1) is 15.7. The van der Waals surface area contributed by atoms with Crippen LogP contribution in [-0.4, -0.2) is 43.0 Å². The third kappa shape index (κ3) is 4.43. The van der Waals surface area contributed by atoms with Gasteiger partial charge in [-0.15, -0.1) is 0 Å². The number of nitrogen functional groups attached to an aromatic ring is 1. The van der Waals surface area contributed by atoms with Crippen LogP contribution in [0.25, 0.3) is 22.8 Å². The molecule has 1 amide bonds. The Morgan fingerprint density at radius 1 is 1.18 bits per heavy atom. The zero-order valence-corrected chi connectivity index (χ0v) is 19.0. The molecule has 3 aromatic heterocycles. The van der Waals surface area contributed by atoms with Crippen LogP contribution in [-0.2, 0) is 11.8 Å². The van der Waals surface area contributed by atoms with Crippen molar-refractivity contribution in [3.63, 3.8) is 0 Å². The smallest absolute Gasteiger partial charge is 0.270 e. The van der Waals surface area contributed by atoms with Gasteiger partial charge in [-0.25, -0.2) is 15.0 Å². The van der Waals surface area contributed by atoms with Crippen LogP contribution in [0.15, 0.2) is 53.4 Å². The number of hydrogen-bond donors (Lipinski definition) is 2. The molecule has 0 unspecified atom stereocenters. The van der Waals surface area contributed by atoms with Gasteiger partial charge in [-0.05, 0) is 44.5 Å². The lowest BCUT2D eigenvalue weighted by Gasteiger charge is -2.17. The fourth-order valence-electron chi connectivity index (χ4n) is 3.84. The SMILES string of the molecule is CC1=CC(C)=C(CNC(=O)c2nc(-c3ccc(N)nc3)nc(-c3ccnn3C)c2C)C(=O)C1. The Balaban J connectivity index is 1.74. The number of aromatic nitrogens is 5. The highest BCUT2D eigenvalue weighted by Gasteiger charge is 2.23. The fourth-order valence-corrected chi connectivity index (χ4v) is 3.84. The van der Waals surface area contributed by atoms with Crippen molar-refractivity contribution in [2.45, 2.75) is 27.2 Å². The van der Waals surface area contributed by atoms with Gasteiger partial charge in [0.2, 0.25) is 0 Å². The Bertz CT molecular complexity index is 1320. The predicted molar refractivity (Wildman–Crippen MR) is 125 cm³/mol. The molecular weight excluding hydrogens is 418 g/mol. The Kier molecular flexibility index (Phi) is 5.87. The van der Waals surface area contributed by atoms with Crippen molar-refractivity contribution in [3.8, 4) is 22.8 Å². The quantitative estimate of drug-likeness (QED) is 0.620. The summed E-state index contributed by atoms with van der Waals surface area (Å²) >= 11 is 0. The first kappa shape index (κ1) is 22.1. The minimum atomic E-state index is -0.387. The summed E-state index contributed by atoms with van der Waals surface area (Å²) < 4.78 is 1.69. The Morgan fingerprint density at radius 2 is 1.97 bits per heavy atom. The average Bonchev–Trinajstić information content (AvgIpc) is 3.19. The van der Waals surface area contributed by atoms with Crippen molar-refractivity contribution in [2.24, 2.45) is 7.05 Å². The number of nitrogens with one attached hydrogen (secondary N) is 1. The van der Waals surface area contributed by atoms with E-state index in [1.165, 1.54) is 0 Å². The second-order valence-electron chi connectivity index (χ2n) is 8.12. The summed E-state index contributed by atoms with van der Waals surface area (Å²) in [6.45, 7) is 5.74. The van der Waals surface area contributed by atoms with E-state index in [-0.39, 0.29) is 23.9 Å². The van der Waals surface area contributed by atoms with Gasteiger partial charge in [0.25, 0.3) is 5.91 Å². The first-order valence-corrected chi connectivity index (χ1v) is 10.5. The number of pyridine rings is 1. The Morgan fingerprint density at radius 3 is 2.61 bits per heavy atom. The van der Waals surface area contributed by atoms with E-state index in [4.69, 9.17) is 10.7 Å². The van der Waals surface area contributed by atoms with Gasteiger partial charge < -0.3 is 11.1 Å². The second-order valence-corrected chi connectivity index (χ2v) is 8.12. The number of ketones is 1. The molecule has 0 aromatic carbocycles. The number of allylic oxidation sites excluding steroid dienone is 3. The van der Waals surface area contributed by atoms with Crippen LogP contribution >= 0.6 is 0 Å². The number of carbonyl (C=O) groups excluding carboxylic acids is 2. The third-order valence-corrected chi connectivity index (χ3v) is 5.61. The normalized spacial score (nSPS) is 13.8. The molecule has 0 atom stereocenters. The molecule has 0 aliphatic heterocycles. The molecule has 9 heteroatoms. The fraction of sp³-hybridized carbons (Fsp3) is 0.250. The van der Waals surface area contributed by atoms with Gasteiger partial charge in [0, 0.05) is 49.1 Å². The summed E-state index contributed by atoms with van der Waals surface area (Å²) in [5, 5.41) is 7.09. The molecule has 3 N–H and O–H groups in total. The molecule has 1 aliphatic rings. The van der Waals surface area contributed by atoms with Crippen LogP contribution in [0, 0.1) is 6.92 Å². The third-order valence-electron chi connectivity index (χ3n) is 5.61. The van der Waals surface area contributed by atoms with Gasteiger partial charge in [0.05, 0.1) is 11.4 Å². The molecule has 0 fully saturated rings. The molecule has 4 rings (SSSR count). The molecule has 9 nitrogen and oxygen atoms in total. The van der Waals surface area contributed by atoms with E-state index in [2.05, 4.69) is 20.4 Å². The molecule has 0 bridgehead atoms. The minimum Gasteiger partial charge on any atom is -0.384 e. The number of carbonyl (C=O) groups is 2. The number of hydrogen-bond acceptors (Lipinski definition) is 7. The summed E-state index contributed by atoms with van der Waals surface area (Å²) in [6, 6.07) is 5.23. The lowest BCUT2D eigenvalue weighted by Crippen LogP contribution is -2.31. The highest BCUT2D eigenvalue weighted by atomic mass is 16.2. The maximum Gasteiger partial charge on any atom is 0.270 e. The summed E-state index contributed by atoms with van der Waals surface area (Å²) in [6.07, 6.45) is 5.58. The standard InChI is InChI=1S/C24H25N7O2/c1-13-9-14(2)17(19(32)10-13)12-27-24(33)22-15(3)21(18-7-8-28-31(18)4)29-23(30-22)16-5-6-20(25)26-11-16/h5-9,11H,10,12H2,1-4H3,(H2,25,26)(H,27,33). The molecule has 3 aromatic rings. The van der Waals surface area contributed by atoms with Crippen LogP contribution in [0.4, 0.5) is 5.82 Å². The zero-order valence-electron chi connectivity index (χ0n) is 19.0. The van der Waals surface area contributed by atoms with Gasteiger partial charge in [0.1, 0.15) is 11.5 Å². The molecule has 168 valence electrons. The van der Waals surface area contributed by atoms with Crippen molar-refractivity contribution in [3.05, 3.63) is 64.6 Å². The summed E-state index contributed by atoms with van der Waals surface area (Å²) in [5.74, 6) is 0.358. The molecule has 0 radical (unpaired) electrons. The molecule has 0 saturated carbocycles. The van der Waals surface area contributed by atoms with Gasteiger partial charge in [-0.3, -0.25) is 14.3 Å². The van der Waals surface area contributed by atoms with E-state index in [9.17, 15) is 9.59 Å². The predicted octanol–water partition coefficient (Wildman–Crippen LogP) is 2.80. The van der Waals surface area contributed by atoms with E-state index >= 15 is 0 Å². The van der Waals surface area contributed by atoms with Crippen LogP contribution < -0.4 is 11.1 Å². The highest BCUT2D eigenvalue weighted by Crippen LogP contribution is 2.26. The number of nitrogens with zero attached hydrogens (tertiary/aromatic N) is 5. The first-order valence-electron chi connectivity index (χ1n) is 10.5. The van der Waals surface area contributed by atoms with E-state index in [0.717, 1.165) is 16.8 Å². The van der Waals surface area contributed by atoms with Gasteiger partial charge in [0.15, 0.2) is 11.6 Å². The number of aryl methyl sites for hydroxylation is 1. The van der Waals surface area contributed by atoms with Gasteiger partial charge in [-0.1, -0.05) is 11.6 Å². The monoisotopic (exact) mass is 443 g/mol. The lowest BCUT2D eigenvalue weighted by atomic mass is 9.92. The summed E-state index contributed by atoms with van der Waals surface area (Å²) in [7, 11) is 1.81. The number of nitrogens with two attached hydrogens (primary N) is 1. The highest BCUT2D eigenvalue weighted by molar-refractivity contribution is 6.01. The molecule has 3 heterocycles. The number of rotatable bonds is 5. The average molecular weight is 444 g/mol. The van der Waals surface area contributed by atoms with Crippen molar-refractivity contribution >= 4 is 17.5 Å². The van der Waals surface area contributed by atoms with E-state index in [0.29, 0.717) is 40.5 Å². The van der Waals surface area contributed by atoms with E-state index in [1.807, 2.05) is 26.0 Å². The van der Waals surface area contributed by atoms with Crippen molar-refractivity contribution in [2.75, 3.05) is 12.3 Å². The zero-order chi connectivity index (χ0) is 23.7. The van der Waals surface area contributed by atoms with Gasteiger partial charge >= 0.3 is 0 Å². The maximum atomic E-state index is 13.2. The Labute approximate surface area is 191 Å². The topological polar surface area (TPSA) is 129 Å². The van der Waals surface area contributed by atoms with Crippen LogP contribution in [0.5, 0.6) is 0 Å². The lowest BCUT2D eigenvalue weighted by molar-refractivity contribution is -0.115. The van der Waals surface area contributed by atoms with Crippen LogP contribution in [0.3, 0.4) is 0 Å². The summed E-state index contributed by atoms with van der Waals surface area (Å²) in [4.78, 5) is 39.0. The molecule has 0 spiro atoms. The maximum absolute atomic E-state index is 13.2. The summed E-state index contributed by atoms with van der Waals surface area (Å²) in [5.41, 5.74) is 11.0. The molecule has 1 aliphatic carbocycles. The number of amides is 1. The van der Waals surface area contributed by atoms with Crippen molar-refractivity contribution in [1.29, 1.82) is 0 Å². The molecule has 0 saturated heterocycles. The number of anilines is 1. The van der Waals surface area contributed by atoms with E-state index < -0.39 is 0 Å². The van der Waals surface area contributed by atoms with E-state index in [1.54, 1.807) is 43.2 Å². The van der Waals surface area contributed by atoms with Gasteiger partial charge in [-0.2, -0.15) is 5.10 Å². The van der Waals surface area contributed by atoms with Crippen molar-refractivity contribution in [1.82, 2.24) is 30.0 Å². The Hall–Kier alpha value is -4.14. The minimum absolute atomic E-state index is 0.0245.